The molecule has 0 saturated carbocycles. The first kappa shape index (κ1) is 14.5. The zero-order chi connectivity index (χ0) is 13.6. The van der Waals surface area contributed by atoms with Gasteiger partial charge in [0.05, 0.1) is 0 Å². The summed E-state index contributed by atoms with van der Waals surface area (Å²) < 4.78 is 0. The van der Waals surface area contributed by atoms with Crippen molar-refractivity contribution < 1.29 is 0 Å². The fraction of sp³-hybridized carbons (Fsp3) is 0.667. The van der Waals surface area contributed by atoms with Crippen LogP contribution in [0.25, 0.3) is 0 Å². The van der Waals surface area contributed by atoms with Crippen molar-refractivity contribution in [3.8, 4) is 0 Å². The smallest absolute Gasteiger partial charge is 0.128 e. The number of rotatable bonds is 4. The van der Waals surface area contributed by atoms with Crippen LogP contribution >= 0.6 is 23.5 Å². The van der Waals surface area contributed by atoms with E-state index < -0.39 is 0 Å². The molecule has 0 bridgehead atoms. The van der Waals surface area contributed by atoms with Crippen LogP contribution in [-0.2, 0) is 0 Å². The molecule has 1 unspecified atom stereocenters. The van der Waals surface area contributed by atoms with E-state index in [0.717, 1.165) is 24.2 Å². The highest BCUT2D eigenvalue weighted by molar-refractivity contribution is 8.06. The Kier molecular flexibility index (Phi) is 5.51. The summed E-state index contributed by atoms with van der Waals surface area (Å²) in [5, 5.41) is 4.60. The largest absolute Gasteiger partial charge is 0.357 e. The molecule has 2 aliphatic heterocycles. The molecule has 2 fully saturated rings. The van der Waals surface area contributed by atoms with Crippen LogP contribution < -0.4 is 10.2 Å². The predicted octanol–water partition coefficient (Wildman–Crippen LogP) is 2.49. The summed E-state index contributed by atoms with van der Waals surface area (Å²) >= 11 is 4.26. The fourth-order valence-corrected chi connectivity index (χ4v) is 5.43. The van der Waals surface area contributed by atoms with Gasteiger partial charge in [-0.3, -0.25) is 0 Å². The molecule has 0 spiro atoms. The summed E-state index contributed by atoms with van der Waals surface area (Å²) in [6, 6.07) is 6.87. The topological polar surface area (TPSA) is 28.2 Å². The lowest BCUT2D eigenvalue weighted by molar-refractivity contribution is 0.416. The second-order valence-electron chi connectivity index (χ2n) is 5.43. The number of aromatic nitrogens is 1. The van der Waals surface area contributed by atoms with Gasteiger partial charge in [-0.2, -0.15) is 23.5 Å². The van der Waals surface area contributed by atoms with Crippen molar-refractivity contribution in [3.05, 3.63) is 24.4 Å². The molecule has 1 aromatic rings. The number of thioether (sulfide) groups is 2. The van der Waals surface area contributed by atoms with Gasteiger partial charge in [0.1, 0.15) is 5.82 Å². The van der Waals surface area contributed by atoms with Crippen LogP contribution in [-0.4, -0.2) is 53.2 Å². The summed E-state index contributed by atoms with van der Waals surface area (Å²) in [6.45, 7) is 3.44. The molecule has 1 aromatic heterocycles. The lowest BCUT2D eigenvalue weighted by Gasteiger charge is -2.34. The van der Waals surface area contributed by atoms with Crippen LogP contribution in [0.5, 0.6) is 0 Å². The molecule has 0 aliphatic carbocycles. The summed E-state index contributed by atoms with van der Waals surface area (Å²) in [5.41, 5.74) is 0. The van der Waals surface area contributed by atoms with Gasteiger partial charge in [-0.1, -0.05) is 6.07 Å². The molecule has 5 heteroatoms. The molecule has 0 aromatic carbocycles. The van der Waals surface area contributed by atoms with Crippen LogP contribution in [0.3, 0.4) is 0 Å². The standard InChI is InChI=1S/C15H23N3S2/c1-2-6-16-15(3-1)18-7-4-13(5-8-18)17-11-14-12-19-9-10-20-14/h1-3,6,13-14,17H,4-5,7-12H2. The number of hydrogen-bond donors (Lipinski definition) is 1. The highest BCUT2D eigenvalue weighted by Gasteiger charge is 2.21. The number of pyridine rings is 1. The van der Waals surface area contributed by atoms with Gasteiger partial charge in [0.15, 0.2) is 0 Å². The maximum absolute atomic E-state index is 4.45. The SMILES string of the molecule is c1ccc(N2CCC(NCC3CSCCS3)CC2)nc1. The van der Waals surface area contributed by atoms with Gasteiger partial charge in [-0.05, 0) is 25.0 Å². The minimum Gasteiger partial charge on any atom is -0.357 e. The van der Waals surface area contributed by atoms with E-state index in [1.165, 1.54) is 36.6 Å². The van der Waals surface area contributed by atoms with E-state index in [4.69, 9.17) is 0 Å². The normalized spacial score (nSPS) is 24.8. The molecule has 2 aliphatic rings. The second kappa shape index (κ2) is 7.57. The van der Waals surface area contributed by atoms with E-state index >= 15 is 0 Å². The second-order valence-corrected chi connectivity index (χ2v) is 7.98. The first-order chi connectivity index (χ1) is 9.92. The third-order valence-corrected chi connectivity index (χ3v) is 6.83. The van der Waals surface area contributed by atoms with E-state index in [-0.39, 0.29) is 0 Å². The lowest BCUT2D eigenvalue weighted by Crippen LogP contribution is -2.45. The highest BCUT2D eigenvalue weighted by Crippen LogP contribution is 2.24. The Bertz CT molecular complexity index is 387. The van der Waals surface area contributed by atoms with Crippen molar-refractivity contribution in [1.82, 2.24) is 10.3 Å². The van der Waals surface area contributed by atoms with Gasteiger partial charge in [0.2, 0.25) is 0 Å². The molecule has 1 atom stereocenters. The fourth-order valence-electron chi connectivity index (χ4n) is 2.81. The zero-order valence-corrected chi connectivity index (χ0v) is 13.5. The number of nitrogens with zero attached hydrogens (tertiary/aromatic N) is 2. The predicted molar refractivity (Wildman–Crippen MR) is 91.0 cm³/mol. The van der Waals surface area contributed by atoms with Crippen LogP contribution in [0, 0.1) is 0 Å². The number of nitrogens with one attached hydrogen (secondary N) is 1. The molecule has 110 valence electrons. The third kappa shape index (κ3) is 4.06. The quantitative estimate of drug-likeness (QED) is 0.922. The lowest BCUT2D eigenvalue weighted by atomic mass is 10.0. The number of anilines is 1. The van der Waals surface area contributed by atoms with Crippen molar-refractivity contribution >= 4 is 29.3 Å². The molecule has 0 amide bonds. The summed E-state index contributed by atoms with van der Waals surface area (Å²) in [4.78, 5) is 6.85. The van der Waals surface area contributed by atoms with Crippen LogP contribution in [0.1, 0.15) is 12.8 Å². The van der Waals surface area contributed by atoms with Crippen molar-refractivity contribution in [2.45, 2.75) is 24.1 Å². The summed E-state index contributed by atoms with van der Waals surface area (Å²) in [5.74, 6) is 5.12. The van der Waals surface area contributed by atoms with Crippen molar-refractivity contribution in [1.29, 1.82) is 0 Å². The average molecular weight is 310 g/mol. The first-order valence-electron chi connectivity index (χ1n) is 7.50. The van der Waals surface area contributed by atoms with E-state index in [2.05, 4.69) is 50.9 Å². The van der Waals surface area contributed by atoms with Crippen LogP contribution in [0.4, 0.5) is 5.82 Å². The summed E-state index contributed by atoms with van der Waals surface area (Å²) in [7, 11) is 0. The van der Waals surface area contributed by atoms with E-state index in [9.17, 15) is 0 Å². The van der Waals surface area contributed by atoms with Crippen molar-refractivity contribution in [3.63, 3.8) is 0 Å². The molecule has 20 heavy (non-hydrogen) atoms. The minimum absolute atomic E-state index is 0.697. The zero-order valence-electron chi connectivity index (χ0n) is 11.8. The monoisotopic (exact) mass is 309 g/mol. The Labute approximate surface area is 130 Å². The Balaban J connectivity index is 1.40. The first-order valence-corrected chi connectivity index (χ1v) is 9.71. The number of piperidine rings is 1. The molecule has 1 N–H and O–H groups in total. The molecule has 2 saturated heterocycles. The van der Waals surface area contributed by atoms with E-state index in [0.29, 0.717) is 6.04 Å². The third-order valence-electron chi connectivity index (χ3n) is 3.99. The van der Waals surface area contributed by atoms with Crippen molar-refractivity contribution in [2.75, 3.05) is 41.8 Å². The molecule has 3 rings (SSSR count). The van der Waals surface area contributed by atoms with Crippen LogP contribution in [0.15, 0.2) is 24.4 Å². The summed E-state index contributed by atoms with van der Waals surface area (Å²) in [6.07, 6.45) is 4.36. The minimum atomic E-state index is 0.697. The molecular weight excluding hydrogens is 286 g/mol. The molecule has 3 nitrogen and oxygen atoms in total. The maximum atomic E-state index is 4.45. The van der Waals surface area contributed by atoms with Gasteiger partial charge >= 0.3 is 0 Å². The maximum Gasteiger partial charge on any atom is 0.128 e. The average Bonchev–Trinajstić information content (AvgIpc) is 2.55. The van der Waals surface area contributed by atoms with Gasteiger partial charge < -0.3 is 10.2 Å². The highest BCUT2D eigenvalue weighted by atomic mass is 32.2. The van der Waals surface area contributed by atoms with Crippen LogP contribution in [0.2, 0.25) is 0 Å². The van der Waals surface area contributed by atoms with Gasteiger partial charge in [0.25, 0.3) is 0 Å². The van der Waals surface area contributed by atoms with Crippen molar-refractivity contribution in [2.24, 2.45) is 0 Å². The Hall–Kier alpha value is -0.390. The van der Waals surface area contributed by atoms with Gasteiger partial charge in [-0.15, -0.1) is 0 Å². The van der Waals surface area contributed by atoms with Gasteiger partial charge in [-0.25, -0.2) is 4.98 Å². The Morgan fingerprint density at radius 1 is 1.25 bits per heavy atom. The Morgan fingerprint density at radius 3 is 2.85 bits per heavy atom. The van der Waals surface area contributed by atoms with E-state index in [1.807, 2.05) is 12.3 Å². The molecular formula is C15H23N3S2. The molecule has 3 heterocycles. The number of hydrogen-bond acceptors (Lipinski definition) is 5. The van der Waals surface area contributed by atoms with E-state index in [1.54, 1.807) is 0 Å². The molecule has 0 radical (unpaired) electrons. The Morgan fingerprint density at radius 2 is 2.15 bits per heavy atom. The van der Waals surface area contributed by atoms with Gasteiger partial charge in [0, 0.05) is 54.4 Å².